The van der Waals surface area contributed by atoms with E-state index in [0.717, 1.165) is 45.4 Å². The maximum absolute atomic E-state index is 12.1. The van der Waals surface area contributed by atoms with Gasteiger partial charge < -0.3 is 11.1 Å². The van der Waals surface area contributed by atoms with Crippen molar-refractivity contribution in [1.82, 2.24) is 5.32 Å². The van der Waals surface area contributed by atoms with Crippen LogP contribution in [0.25, 0.3) is 0 Å². The molecule has 1 atom stereocenters. The summed E-state index contributed by atoms with van der Waals surface area (Å²) in [4.78, 5) is 13.2. The Morgan fingerprint density at radius 3 is 2.95 bits per heavy atom. The van der Waals surface area contributed by atoms with Gasteiger partial charge in [0.25, 0.3) is 5.91 Å². The van der Waals surface area contributed by atoms with Crippen LogP contribution < -0.4 is 11.1 Å². The summed E-state index contributed by atoms with van der Waals surface area (Å²) in [5, 5.41) is 4.94. The number of benzene rings is 1. The molecule has 1 aliphatic rings. The van der Waals surface area contributed by atoms with E-state index in [1.54, 1.807) is 11.3 Å². The molecule has 0 saturated carbocycles. The van der Waals surface area contributed by atoms with Gasteiger partial charge in [-0.2, -0.15) is 0 Å². The number of rotatable bonds is 2. The third kappa shape index (κ3) is 2.53. The molecule has 0 bridgehead atoms. The Bertz CT molecular complexity index is 653. The van der Waals surface area contributed by atoms with Gasteiger partial charge in [0.1, 0.15) is 0 Å². The van der Waals surface area contributed by atoms with Gasteiger partial charge in [-0.05, 0) is 57.4 Å². The number of hydrogen-bond donors (Lipinski definition) is 2. The van der Waals surface area contributed by atoms with Crippen molar-refractivity contribution in [3.05, 3.63) is 55.7 Å². The second-order valence-corrected chi connectivity index (χ2v) is 6.69. The molecule has 20 heavy (non-hydrogen) atoms. The van der Waals surface area contributed by atoms with Gasteiger partial charge in [-0.1, -0.05) is 12.1 Å². The molecule has 1 unspecified atom stereocenters. The molecule has 5 heteroatoms. The summed E-state index contributed by atoms with van der Waals surface area (Å²) in [5.41, 5.74) is 9.18. The highest BCUT2D eigenvalue weighted by molar-refractivity contribution is 9.10. The molecule has 3 N–H and O–H groups in total. The van der Waals surface area contributed by atoms with Gasteiger partial charge in [-0.25, -0.2) is 0 Å². The lowest BCUT2D eigenvalue weighted by atomic mass is 9.97. The van der Waals surface area contributed by atoms with Crippen molar-refractivity contribution < 1.29 is 4.79 Å². The minimum absolute atomic E-state index is 0.0109. The lowest BCUT2D eigenvalue weighted by molar-refractivity contribution is 0.0956. The Morgan fingerprint density at radius 1 is 1.35 bits per heavy atom. The number of carbonyl (C=O) groups is 1. The van der Waals surface area contributed by atoms with Gasteiger partial charge in [0.05, 0.1) is 6.04 Å². The molecule has 3 nitrogen and oxygen atoms in total. The Morgan fingerprint density at radius 2 is 2.20 bits per heavy atom. The fourth-order valence-electron chi connectivity index (χ4n) is 2.47. The zero-order chi connectivity index (χ0) is 14.1. The number of carbonyl (C=O) groups excluding carboxylic acids is 1. The first-order valence-electron chi connectivity index (χ1n) is 6.56. The molecule has 0 spiro atoms. The Hall–Kier alpha value is -1.17. The molecule has 1 amide bonds. The van der Waals surface area contributed by atoms with Crippen molar-refractivity contribution in [2.75, 3.05) is 6.54 Å². The summed E-state index contributed by atoms with van der Waals surface area (Å²) in [5.74, 6) is 0.0109. The van der Waals surface area contributed by atoms with Crippen LogP contribution in [0.5, 0.6) is 0 Å². The largest absolute Gasteiger partial charge is 0.352 e. The number of amides is 1. The van der Waals surface area contributed by atoms with E-state index in [1.165, 1.54) is 0 Å². The third-order valence-corrected chi connectivity index (χ3v) is 5.53. The molecule has 3 rings (SSSR count). The molecule has 2 aromatic rings. The average Bonchev–Trinajstić information content (AvgIpc) is 2.79. The van der Waals surface area contributed by atoms with Gasteiger partial charge in [0, 0.05) is 21.5 Å². The highest BCUT2D eigenvalue weighted by Crippen LogP contribution is 2.32. The predicted octanol–water partition coefficient (Wildman–Crippen LogP) is 3.23. The smallest absolute Gasteiger partial charge is 0.251 e. The highest BCUT2D eigenvalue weighted by atomic mass is 79.9. The summed E-state index contributed by atoms with van der Waals surface area (Å²) in [7, 11) is 0. The number of halogens is 1. The molecule has 0 aliphatic carbocycles. The first-order valence-corrected chi connectivity index (χ1v) is 8.23. The van der Waals surface area contributed by atoms with E-state index in [4.69, 9.17) is 5.73 Å². The minimum atomic E-state index is -0.203. The molecular formula is C15H15BrN2OS. The number of nitrogens with one attached hydrogen (secondary N) is 1. The lowest BCUT2D eigenvalue weighted by Crippen LogP contribution is -2.23. The van der Waals surface area contributed by atoms with Crippen molar-refractivity contribution in [2.24, 2.45) is 5.73 Å². The van der Waals surface area contributed by atoms with Gasteiger partial charge in [-0.15, -0.1) is 11.3 Å². The van der Waals surface area contributed by atoms with Crippen LogP contribution >= 0.6 is 27.3 Å². The first kappa shape index (κ1) is 13.8. The van der Waals surface area contributed by atoms with Crippen LogP contribution in [0.4, 0.5) is 0 Å². The standard InChI is InChI=1S/C15H15BrN2OS/c16-12-5-7-20-14(12)13(17)10-4-3-9-2-1-6-18-15(19)11(9)8-10/h3-5,7-8,13H,1-2,6,17H2,(H,18,19). The zero-order valence-corrected chi connectivity index (χ0v) is 13.3. The van der Waals surface area contributed by atoms with Crippen molar-refractivity contribution >= 4 is 33.2 Å². The number of aryl methyl sites for hydroxylation is 1. The topological polar surface area (TPSA) is 55.1 Å². The van der Waals surface area contributed by atoms with Crippen LogP contribution in [-0.4, -0.2) is 12.5 Å². The van der Waals surface area contributed by atoms with Gasteiger partial charge >= 0.3 is 0 Å². The molecule has 0 saturated heterocycles. The summed E-state index contributed by atoms with van der Waals surface area (Å²) in [6.07, 6.45) is 1.92. The number of fused-ring (bicyclic) bond motifs is 1. The summed E-state index contributed by atoms with van der Waals surface area (Å²) in [6.45, 7) is 0.741. The summed E-state index contributed by atoms with van der Waals surface area (Å²) < 4.78 is 1.02. The molecule has 104 valence electrons. The second kappa shape index (κ2) is 5.68. The van der Waals surface area contributed by atoms with Crippen LogP contribution in [-0.2, 0) is 6.42 Å². The van der Waals surface area contributed by atoms with Crippen molar-refractivity contribution in [2.45, 2.75) is 18.9 Å². The van der Waals surface area contributed by atoms with Crippen molar-refractivity contribution in [3.63, 3.8) is 0 Å². The van der Waals surface area contributed by atoms with Crippen LogP contribution in [0, 0.1) is 0 Å². The number of nitrogens with two attached hydrogens (primary N) is 1. The minimum Gasteiger partial charge on any atom is -0.352 e. The van der Waals surface area contributed by atoms with Crippen LogP contribution in [0.2, 0.25) is 0 Å². The van der Waals surface area contributed by atoms with E-state index in [2.05, 4.69) is 21.2 Å². The summed E-state index contributed by atoms with van der Waals surface area (Å²) in [6, 6.07) is 7.80. The Labute approximate surface area is 130 Å². The maximum Gasteiger partial charge on any atom is 0.251 e. The first-order chi connectivity index (χ1) is 9.66. The molecular weight excluding hydrogens is 336 g/mol. The fourth-order valence-corrected chi connectivity index (χ4v) is 4.12. The molecule has 0 radical (unpaired) electrons. The molecule has 0 fully saturated rings. The molecule has 1 aromatic heterocycles. The van der Waals surface area contributed by atoms with E-state index in [9.17, 15) is 4.79 Å². The second-order valence-electron chi connectivity index (χ2n) is 4.89. The monoisotopic (exact) mass is 350 g/mol. The molecule has 2 heterocycles. The number of hydrogen-bond acceptors (Lipinski definition) is 3. The quantitative estimate of drug-likeness (QED) is 0.873. The van der Waals surface area contributed by atoms with Crippen molar-refractivity contribution in [1.29, 1.82) is 0 Å². The van der Waals surface area contributed by atoms with Crippen LogP contribution in [0.1, 0.15) is 38.8 Å². The normalized spacial score (nSPS) is 16.2. The highest BCUT2D eigenvalue weighted by Gasteiger charge is 2.19. The Balaban J connectivity index is 2.00. The van der Waals surface area contributed by atoms with Gasteiger partial charge in [-0.3, -0.25) is 4.79 Å². The van der Waals surface area contributed by atoms with E-state index < -0.39 is 0 Å². The van der Waals surface area contributed by atoms with Gasteiger partial charge in [0.15, 0.2) is 0 Å². The fraction of sp³-hybridized carbons (Fsp3) is 0.267. The average molecular weight is 351 g/mol. The zero-order valence-electron chi connectivity index (χ0n) is 10.9. The van der Waals surface area contributed by atoms with Crippen LogP contribution in [0.3, 0.4) is 0 Å². The van der Waals surface area contributed by atoms with Gasteiger partial charge in [0.2, 0.25) is 0 Å². The van der Waals surface area contributed by atoms with E-state index in [1.807, 2.05) is 29.6 Å². The van der Waals surface area contributed by atoms with E-state index in [-0.39, 0.29) is 11.9 Å². The van der Waals surface area contributed by atoms with E-state index in [0.29, 0.717) is 0 Å². The maximum atomic E-state index is 12.1. The SMILES string of the molecule is NC(c1ccc2c(c1)C(=O)NCCC2)c1sccc1Br. The predicted molar refractivity (Wildman–Crippen MR) is 85.1 cm³/mol. The Kier molecular flexibility index (Phi) is 3.92. The lowest BCUT2D eigenvalue weighted by Gasteiger charge is -2.14. The van der Waals surface area contributed by atoms with E-state index >= 15 is 0 Å². The molecule has 1 aromatic carbocycles. The molecule has 1 aliphatic heterocycles. The summed E-state index contributed by atoms with van der Waals surface area (Å²) >= 11 is 5.14. The third-order valence-electron chi connectivity index (χ3n) is 3.57. The number of thiophene rings is 1. The van der Waals surface area contributed by atoms with Crippen LogP contribution in [0.15, 0.2) is 34.1 Å². The van der Waals surface area contributed by atoms with Crippen molar-refractivity contribution in [3.8, 4) is 0 Å².